The summed E-state index contributed by atoms with van der Waals surface area (Å²) in [6.45, 7) is 4.48. The number of ether oxygens (including phenoxy) is 2. The van der Waals surface area contributed by atoms with Gasteiger partial charge in [0.1, 0.15) is 24.2 Å². The molecular formula is C26H29N5O3S. The number of hydrogen-bond donors (Lipinski definition) is 0. The number of hydrogen-bond acceptors (Lipinski definition) is 8. The Morgan fingerprint density at radius 2 is 1.94 bits per heavy atom. The molecule has 5 rings (SSSR count). The highest BCUT2D eigenvalue weighted by molar-refractivity contribution is 7.99. The lowest BCUT2D eigenvalue weighted by Crippen LogP contribution is -2.37. The summed E-state index contributed by atoms with van der Waals surface area (Å²) in [5.41, 5.74) is 2.30. The smallest absolute Gasteiger partial charge is 0.233 e. The second-order valence-electron chi connectivity index (χ2n) is 8.71. The van der Waals surface area contributed by atoms with Gasteiger partial charge >= 0.3 is 0 Å². The highest BCUT2D eigenvalue weighted by Crippen LogP contribution is 2.27. The van der Waals surface area contributed by atoms with Crippen molar-refractivity contribution in [1.82, 2.24) is 24.8 Å². The highest BCUT2D eigenvalue weighted by Gasteiger charge is 2.23. The number of carbonyl (C=O) groups excluding carboxylic acids is 1. The van der Waals surface area contributed by atoms with Crippen LogP contribution in [0.5, 0.6) is 11.5 Å². The second-order valence-corrected chi connectivity index (χ2v) is 9.65. The molecule has 2 aliphatic heterocycles. The van der Waals surface area contributed by atoms with Gasteiger partial charge in [-0.05, 0) is 48.7 Å². The number of rotatable bonds is 7. The summed E-state index contributed by atoms with van der Waals surface area (Å²) in [7, 11) is 0. The number of aromatic nitrogens is 3. The first kappa shape index (κ1) is 23.6. The van der Waals surface area contributed by atoms with Gasteiger partial charge < -0.3 is 14.4 Å². The summed E-state index contributed by atoms with van der Waals surface area (Å²) in [5.74, 6) is 2.09. The third kappa shape index (κ3) is 6.49. The van der Waals surface area contributed by atoms with Crippen molar-refractivity contribution in [3.05, 3.63) is 72.3 Å². The summed E-state index contributed by atoms with van der Waals surface area (Å²) in [6, 6.07) is 12.0. The summed E-state index contributed by atoms with van der Waals surface area (Å²) < 4.78 is 12.0. The van der Waals surface area contributed by atoms with Crippen LogP contribution in [0.2, 0.25) is 0 Å². The SMILES string of the molecule is O=C(CSc1ncccn1)N1CCOc2ccc(CN3CCC(Oc4cccnc4)CC3)cc2C1. The summed E-state index contributed by atoms with van der Waals surface area (Å²) >= 11 is 1.36. The number of amides is 1. The molecule has 0 bridgehead atoms. The van der Waals surface area contributed by atoms with Crippen molar-refractivity contribution in [3.63, 3.8) is 0 Å². The average molecular weight is 492 g/mol. The molecule has 4 heterocycles. The number of thioether (sulfide) groups is 1. The number of carbonyl (C=O) groups is 1. The maximum Gasteiger partial charge on any atom is 0.233 e. The first-order valence-electron chi connectivity index (χ1n) is 11.9. The number of pyridine rings is 1. The van der Waals surface area contributed by atoms with E-state index in [9.17, 15) is 4.79 Å². The largest absolute Gasteiger partial charge is 0.491 e. The molecule has 2 aromatic heterocycles. The Morgan fingerprint density at radius 3 is 2.74 bits per heavy atom. The Hall–Kier alpha value is -3.17. The van der Waals surface area contributed by atoms with Crippen LogP contribution in [0.3, 0.4) is 0 Å². The van der Waals surface area contributed by atoms with Gasteiger partial charge in [-0.15, -0.1) is 0 Å². The molecule has 0 saturated carbocycles. The van der Waals surface area contributed by atoms with E-state index in [0.717, 1.165) is 49.5 Å². The summed E-state index contributed by atoms with van der Waals surface area (Å²) in [4.78, 5) is 29.7. The summed E-state index contributed by atoms with van der Waals surface area (Å²) in [5, 5.41) is 0.615. The molecule has 8 nitrogen and oxygen atoms in total. The van der Waals surface area contributed by atoms with Crippen LogP contribution in [0.4, 0.5) is 0 Å². The van der Waals surface area contributed by atoms with E-state index in [-0.39, 0.29) is 12.0 Å². The van der Waals surface area contributed by atoms with Crippen molar-refractivity contribution >= 4 is 17.7 Å². The first-order chi connectivity index (χ1) is 17.2. The molecule has 0 spiro atoms. The zero-order valence-corrected chi connectivity index (χ0v) is 20.4. The van der Waals surface area contributed by atoms with Crippen LogP contribution < -0.4 is 9.47 Å². The van der Waals surface area contributed by atoms with Crippen LogP contribution in [0, 0.1) is 0 Å². The Kier molecular flexibility index (Phi) is 7.75. The van der Waals surface area contributed by atoms with Crippen molar-refractivity contribution in [1.29, 1.82) is 0 Å². The third-order valence-corrected chi connectivity index (χ3v) is 7.06. The van der Waals surface area contributed by atoms with Gasteiger partial charge in [-0.1, -0.05) is 17.8 Å². The van der Waals surface area contributed by atoms with Gasteiger partial charge in [-0.25, -0.2) is 9.97 Å². The minimum Gasteiger partial charge on any atom is -0.491 e. The van der Waals surface area contributed by atoms with Crippen molar-refractivity contribution in [2.24, 2.45) is 0 Å². The van der Waals surface area contributed by atoms with E-state index < -0.39 is 0 Å². The Morgan fingerprint density at radius 1 is 1.09 bits per heavy atom. The molecule has 1 aromatic carbocycles. The normalized spacial score (nSPS) is 16.7. The van der Waals surface area contributed by atoms with Crippen LogP contribution in [0.1, 0.15) is 24.0 Å². The lowest BCUT2D eigenvalue weighted by Gasteiger charge is -2.32. The van der Waals surface area contributed by atoms with Crippen molar-refractivity contribution in [2.45, 2.75) is 37.2 Å². The Balaban J connectivity index is 1.15. The average Bonchev–Trinajstić information content (AvgIpc) is 3.12. The molecule has 0 radical (unpaired) electrons. The van der Waals surface area contributed by atoms with Gasteiger partial charge in [0.15, 0.2) is 5.16 Å². The molecule has 1 saturated heterocycles. The number of piperidine rings is 1. The van der Waals surface area contributed by atoms with E-state index in [2.05, 4.69) is 32.0 Å². The molecule has 9 heteroatoms. The van der Waals surface area contributed by atoms with E-state index in [4.69, 9.17) is 9.47 Å². The first-order valence-corrected chi connectivity index (χ1v) is 12.9. The van der Waals surface area contributed by atoms with Gasteiger partial charge in [-0.2, -0.15) is 0 Å². The van der Waals surface area contributed by atoms with E-state index >= 15 is 0 Å². The van der Waals surface area contributed by atoms with Crippen molar-refractivity contribution in [3.8, 4) is 11.5 Å². The predicted octanol–water partition coefficient (Wildman–Crippen LogP) is 3.43. The van der Waals surface area contributed by atoms with Crippen LogP contribution in [0.25, 0.3) is 0 Å². The molecule has 1 amide bonds. The molecule has 2 aliphatic rings. The monoisotopic (exact) mass is 491 g/mol. The zero-order chi connectivity index (χ0) is 23.9. The maximum absolute atomic E-state index is 12.9. The van der Waals surface area contributed by atoms with E-state index in [0.29, 0.717) is 30.6 Å². The Labute approximate surface area is 209 Å². The number of benzene rings is 1. The fraction of sp³-hybridized carbons (Fsp3) is 0.385. The van der Waals surface area contributed by atoms with Gasteiger partial charge in [-0.3, -0.25) is 14.7 Å². The van der Waals surface area contributed by atoms with Crippen molar-refractivity contribution < 1.29 is 14.3 Å². The molecule has 0 aliphatic carbocycles. The number of fused-ring (bicyclic) bond motifs is 1. The quantitative estimate of drug-likeness (QED) is 0.367. The zero-order valence-electron chi connectivity index (χ0n) is 19.6. The predicted molar refractivity (Wildman–Crippen MR) is 133 cm³/mol. The molecule has 0 N–H and O–H groups in total. The molecule has 0 unspecified atom stereocenters. The maximum atomic E-state index is 12.9. The van der Waals surface area contributed by atoms with E-state index in [1.54, 1.807) is 30.9 Å². The topological polar surface area (TPSA) is 80.7 Å². The Bertz CT molecular complexity index is 1110. The van der Waals surface area contributed by atoms with Crippen molar-refractivity contribution in [2.75, 3.05) is 32.0 Å². The molecule has 182 valence electrons. The van der Waals surface area contributed by atoms with E-state index in [1.807, 2.05) is 23.1 Å². The fourth-order valence-electron chi connectivity index (χ4n) is 4.39. The van der Waals surface area contributed by atoms with Crippen LogP contribution in [-0.2, 0) is 17.9 Å². The number of nitrogens with zero attached hydrogens (tertiary/aromatic N) is 5. The minimum absolute atomic E-state index is 0.0694. The highest BCUT2D eigenvalue weighted by atomic mass is 32.2. The minimum atomic E-state index is 0.0694. The molecule has 1 fully saturated rings. The standard InChI is InChI=1S/C26H29N5O3S/c32-25(19-35-26-28-9-2-10-29-26)31-13-14-33-24-5-4-20(15-21(24)18-31)17-30-11-6-22(7-12-30)34-23-3-1-8-27-16-23/h1-5,8-10,15-16,22H,6-7,11-14,17-19H2. The molecule has 35 heavy (non-hydrogen) atoms. The lowest BCUT2D eigenvalue weighted by atomic mass is 10.0. The second kappa shape index (κ2) is 11.5. The molecule has 0 atom stereocenters. The number of likely N-dealkylation sites (tertiary alicyclic amines) is 1. The third-order valence-electron chi connectivity index (χ3n) is 6.20. The van der Waals surface area contributed by atoms with Gasteiger partial charge in [0.2, 0.25) is 5.91 Å². The van der Waals surface area contributed by atoms with E-state index in [1.165, 1.54) is 17.3 Å². The van der Waals surface area contributed by atoms with Gasteiger partial charge in [0.25, 0.3) is 0 Å². The summed E-state index contributed by atoms with van der Waals surface area (Å²) in [6.07, 6.45) is 9.12. The van der Waals surface area contributed by atoms with Gasteiger partial charge in [0, 0.05) is 50.3 Å². The van der Waals surface area contributed by atoms with Crippen LogP contribution >= 0.6 is 11.8 Å². The fourth-order valence-corrected chi connectivity index (χ4v) is 5.10. The van der Waals surface area contributed by atoms with Gasteiger partial charge in [0.05, 0.1) is 18.5 Å². The molecular weight excluding hydrogens is 462 g/mol. The van der Waals surface area contributed by atoms with Crippen LogP contribution in [0.15, 0.2) is 66.3 Å². The lowest BCUT2D eigenvalue weighted by molar-refractivity contribution is -0.129. The van der Waals surface area contributed by atoms with Crippen LogP contribution in [-0.4, -0.2) is 68.8 Å². The molecule has 3 aromatic rings.